The Hall–Kier alpha value is -0.850. The molecule has 3 heterocycles. The van der Waals surface area contributed by atoms with Gasteiger partial charge in [-0.3, -0.25) is 0 Å². The molecule has 7 fully saturated rings. The highest BCUT2D eigenvalue weighted by molar-refractivity contribution is 5.68. The Morgan fingerprint density at radius 2 is 1.71 bits per heavy atom. The number of ether oxygens (including phenoxy) is 3. The van der Waals surface area contributed by atoms with Crippen LogP contribution in [-0.2, 0) is 14.2 Å². The van der Waals surface area contributed by atoms with E-state index < -0.39 is 0 Å². The van der Waals surface area contributed by atoms with Crippen molar-refractivity contribution < 1.29 is 19.0 Å². The highest BCUT2D eigenvalue weighted by Gasteiger charge is 2.69. The molecule has 1 spiro atoms. The van der Waals surface area contributed by atoms with Crippen molar-refractivity contribution in [2.24, 2.45) is 52.3 Å². The minimum atomic E-state index is -0.309. The van der Waals surface area contributed by atoms with Crippen LogP contribution in [0.15, 0.2) is 0 Å². The van der Waals surface area contributed by atoms with Crippen LogP contribution in [0.4, 0.5) is 4.79 Å². The van der Waals surface area contributed by atoms with E-state index in [0.717, 1.165) is 69.8 Å². The Kier molecular flexibility index (Phi) is 6.41. The van der Waals surface area contributed by atoms with E-state index in [9.17, 15) is 4.79 Å². The van der Waals surface area contributed by atoms with Gasteiger partial charge in [0, 0.05) is 38.5 Å². The molecule has 38 heavy (non-hydrogen) atoms. The zero-order chi connectivity index (χ0) is 26.3. The summed E-state index contributed by atoms with van der Waals surface area (Å²) >= 11 is 0. The van der Waals surface area contributed by atoms with E-state index in [1.807, 2.05) is 4.90 Å². The molecule has 0 aromatic rings. The third-order valence-electron chi connectivity index (χ3n) is 13.5. The minimum Gasteiger partial charge on any atom is -0.446 e. The summed E-state index contributed by atoms with van der Waals surface area (Å²) in [6.45, 7) is 14.2. The van der Waals surface area contributed by atoms with Gasteiger partial charge in [0.25, 0.3) is 0 Å². The molecule has 7 aliphatic rings. The first-order valence-corrected chi connectivity index (χ1v) is 16.2. The third kappa shape index (κ3) is 3.85. The molecule has 12 atom stereocenters. The molecule has 7 rings (SSSR count). The lowest BCUT2D eigenvalue weighted by Crippen LogP contribution is -2.55. The predicted molar refractivity (Wildman–Crippen MR) is 146 cm³/mol. The van der Waals surface area contributed by atoms with Gasteiger partial charge in [-0.15, -0.1) is 0 Å². The number of carbonyl (C=O) groups excluding carboxylic acids is 1. The zero-order valence-corrected chi connectivity index (χ0v) is 24.4. The van der Waals surface area contributed by atoms with Crippen molar-refractivity contribution in [3.63, 3.8) is 0 Å². The number of carbonyl (C=O) groups is 1. The molecule has 3 aliphatic heterocycles. The molecule has 6 nitrogen and oxygen atoms in total. The number of rotatable bonds is 1. The molecule has 0 aromatic heterocycles. The zero-order valence-electron chi connectivity index (χ0n) is 24.4. The molecule has 0 aromatic carbocycles. The lowest BCUT2D eigenvalue weighted by atomic mass is 9.44. The number of nitrogens with one attached hydrogen (secondary N) is 1. The molecule has 4 saturated carbocycles. The summed E-state index contributed by atoms with van der Waals surface area (Å²) in [5.74, 6) is 4.63. The van der Waals surface area contributed by atoms with Gasteiger partial charge in [-0.25, -0.2) is 4.79 Å². The Morgan fingerprint density at radius 3 is 2.47 bits per heavy atom. The largest absolute Gasteiger partial charge is 0.446 e. The van der Waals surface area contributed by atoms with Crippen LogP contribution in [0, 0.1) is 52.3 Å². The van der Waals surface area contributed by atoms with Crippen LogP contribution < -0.4 is 5.32 Å². The van der Waals surface area contributed by atoms with Gasteiger partial charge < -0.3 is 24.4 Å². The van der Waals surface area contributed by atoms with E-state index in [1.165, 1.54) is 44.9 Å². The molecule has 4 aliphatic carbocycles. The summed E-state index contributed by atoms with van der Waals surface area (Å²) < 4.78 is 19.6. The lowest BCUT2D eigenvalue weighted by molar-refractivity contribution is -0.273. The minimum absolute atomic E-state index is 0.0805. The van der Waals surface area contributed by atoms with Crippen molar-refractivity contribution in [1.29, 1.82) is 0 Å². The number of hydrogen-bond donors (Lipinski definition) is 1. The van der Waals surface area contributed by atoms with Crippen LogP contribution in [0.25, 0.3) is 0 Å². The topological polar surface area (TPSA) is 60.0 Å². The number of piperazine rings is 1. The number of hydrogen-bond acceptors (Lipinski definition) is 5. The van der Waals surface area contributed by atoms with E-state index >= 15 is 0 Å². The molecular formula is C32H52N2O4. The maximum absolute atomic E-state index is 12.8. The van der Waals surface area contributed by atoms with Crippen molar-refractivity contribution in [3.05, 3.63) is 0 Å². The van der Waals surface area contributed by atoms with E-state index in [0.29, 0.717) is 40.6 Å². The maximum Gasteiger partial charge on any atom is 0.410 e. The summed E-state index contributed by atoms with van der Waals surface area (Å²) in [5.41, 5.74) is 0.788. The van der Waals surface area contributed by atoms with Crippen LogP contribution in [0.2, 0.25) is 0 Å². The van der Waals surface area contributed by atoms with Crippen molar-refractivity contribution >= 4 is 6.09 Å². The predicted octanol–water partition coefficient (Wildman–Crippen LogP) is 5.84. The summed E-state index contributed by atoms with van der Waals surface area (Å²) in [5, 5.41) is 3.33. The summed E-state index contributed by atoms with van der Waals surface area (Å²) in [6, 6.07) is 0. The molecule has 6 unspecified atom stereocenters. The highest BCUT2D eigenvalue weighted by atomic mass is 16.7. The first-order valence-electron chi connectivity index (χ1n) is 16.2. The van der Waals surface area contributed by atoms with Crippen LogP contribution in [0.5, 0.6) is 0 Å². The fourth-order valence-electron chi connectivity index (χ4n) is 11.4. The molecule has 1 N–H and O–H groups in total. The van der Waals surface area contributed by atoms with Gasteiger partial charge in [0.05, 0.1) is 12.7 Å². The molecule has 0 bridgehead atoms. The molecule has 0 radical (unpaired) electrons. The van der Waals surface area contributed by atoms with Crippen LogP contribution in [0.1, 0.15) is 91.9 Å². The van der Waals surface area contributed by atoms with E-state index in [-0.39, 0.29) is 18.0 Å². The van der Waals surface area contributed by atoms with Gasteiger partial charge in [-0.05, 0) is 104 Å². The van der Waals surface area contributed by atoms with E-state index in [2.05, 4.69) is 33.0 Å². The third-order valence-corrected chi connectivity index (χ3v) is 13.5. The summed E-state index contributed by atoms with van der Waals surface area (Å²) in [4.78, 5) is 14.7. The molecule has 1 amide bonds. The fraction of sp³-hybridized carbons (Fsp3) is 0.969. The van der Waals surface area contributed by atoms with Crippen molar-refractivity contribution in [2.45, 2.75) is 110 Å². The highest BCUT2D eigenvalue weighted by Crippen LogP contribution is 2.71. The number of amides is 1. The number of fused-ring (bicyclic) bond motifs is 7. The van der Waals surface area contributed by atoms with Crippen LogP contribution >= 0.6 is 0 Å². The van der Waals surface area contributed by atoms with Gasteiger partial charge in [-0.1, -0.05) is 27.7 Å². The van der Waals surface area contributed by atoms with Crippen LogP contribution in [0.3, 0.4) is 0 Å². The standard InChI is InChI=1S/C32H52N2O4/c1-20-7-12-32(36-19-20)21(2)28-27(38-32)18-26-24-6-5-22-17-23(37-29(35)34-15-13-33-14-16-34)8-10-30(22,3)25(24)9-11-31(26,28)4/h20-28,33H,5-19H2,1-4H3/t20-,21-,22?,23-,24?,25?,26?,27?,28?,30-,31-,32+/m0/s1. The van der Waals surface area contributed by atoms with Gasteiger partial charge in [0.2, 0.25) is 0 Å². The number of nitrogens with zero attached hydrogens (tertiary/aromatic N) is 1. The van der Waals surface area contributed by atoms with E-state index in [1.54, 1.807) is 0 Å². The quantitative estimate of drug-likeness (QED) is 0.463. The second-order valence-corrected chi connectivity index (χ2v) is 15.2. The second-order valence-electron chi connectivity index (χ2n) is 15.2. The van der Waals surface area contributed by atoms with Crippen molar-refractivity contribution in [3.8, 4) is 0 Å². The van der Waals surface area contributed by atoms with Crippen molar-refractivity contribution in [2.75, 3.05) is 32.8 Å². The average molecular weight is 529 g/mol. The molecule has 3 saturated heterocycles. The molecule has 214 valence electrons. The summed E-state index contributed by atoms with van der Waals surface area (Å²) in [6.07, 6.45) is 12.7. The van der Waals surface area contributed by atoms with Crippen molar-refractivity contribution in [1.82, 2.24) is 10.2 Å². The smallest absolute Gasteiger partial charge is 0.410 e. The maximum atomic E-state index is 12.8. The van der Waals surface area contributed by atoms with Gasteiger partial charge in [0.1, 0.15) is 6.10 Å². The molecular weight excluding hydrogens is 476 g/mol. The Bertz CT molecular complexity index is 913. The van der Waals surface area contributed by atoms with Crippen LogP contribution in [-0.4, -0.2) is 61.8 Å². The first kappa shape index (κ1) is 26.1. The monoisotopic (exact) mass is 528 g/mol. The van der Waals surface area contributed by atoms with Gasteiger partial charge in [0.15, 0.2) is 5.79 Å². The van der Waals surface area contributed by atoms with E-state index in [4.69, 9.17) is 14.2 Å². The Balaban J connectivity index is 1.03. The SMILES string of the molecule is C[C@H]1CC[C@@]2(OC1)OC1CC3C4CCC5C[C@@H](OC(=O)N6CCNCC6)CC[C@]5(C)C4CC[C@]3(C)C1[C@@H]2C. The molecule has 6 heteroatoms. The van der Waals surface area contributed by atoms with Gasteiger partial charge in [-0.2, -0.15) is 0 Å². The second kappa shape index (κ2) is 9.34. The van der Waals surface area contributed by atoms with Gasteiger partial charge >= 0.3 is 6.09 Å². The normalized spacial score (nSPS) is 54.1. The Morgan fingerprint density at radius 1 is 0.921 bits per heavy atom. The fourth-order valence-corrected chi connectivity index (χ4v) is 11.4. The average Bonchev–Trinajstić information content (AvgIpc) is 3.36. The Labute approximate surface area is 230 Å². The lowest BCUT2D eigenvalue weighted by Gasteiger charge is -2.61. The summed E-state index contributed by atoms with van der Waals surface area (Å²) in [7, 11) is 0. The first-order chi connectivity index (χ1) is 18.2.